The van der Waals surface area contributed by atoms with Crippen molar-refractivity contribution >= 4 is 37.8 Å². The van der Waals surface area contributed by atoms with Crippen molar-refractivity contribution in [2.45, 2.75) is 12.8 Å². The van der Waals surface area contributed by atoms with Crippen molar-refractivity contribution in [2.24, 2.45) is 0 Å². The van der Waals surface area contributed by atoms with Crippen LogP contribution in [0.2, 0.25) is 0 Å². The van der Waals surface area contributed by atoms with Crippen LogP contribution < -0.4 is 5.11 Å². The van der Waals surface area contributed by atoms with Crippen molar-refractivity contribution in [3.05, 3.63) is 26.6 Å². The molecule has 0 radical (unpaired) electrons. The van der Waals surface area contributed by atoms with Crippen LogP contribution in [0.4, 0.5) is 0 Å². The molecule has 0 aliphatic heterocycles. The second-order valence-corrected chi connectivity index (χ2v) is 4.58. The summed E-state index contributed by atoms with van der Waals surface area (Å²) in [5.41, 5.74) is 0.593. The van der Waals surface area contributed by atoms with Crippen LogP contribution in [0.1, 0.15) is 18.4 Å². The number of rotatable bonds is 2. The summed E-state index contributed by atoms with van der Waals surface area (Å²) >= 11 is 6.16. The molecule has 1 rings (SSSR count). The highest BCUT2D eigenvalue weighted by atomic mass is 79.9. The topological polar surface area (TPSA) is 60.4 Å². The van der Waals surface area contributed by atoms with E-state index < -0.39 is 11.9 Å². The normalized spacial score (nSPS) is 12.5. The number of halogens is 2. The van der Waals surface area contributed by atoms with Gasteiger partial charge in [-0.1, -0.05) is 37.6 Å². The lowest BCUT2D eigenvalue weighted by Crippen LogP contribution is -2.08. The van der Waals surface area contributed by atoms with Crippen LogP contribution in [0, 0.1) is 0 Å². The molecule has 0 saturated carbocycles. The molecule has 1 N–H and O–H groups in total. The molecule has 1 atom stereocenters. The molecule has 0 spiro atoms. The van der Waals surface area contributed by atoms with E-state index in [1.807, 2.05) is 0 Å². The Morgan fingerprint density at radius 2 is 1.86 bits per heavy atom. The predicted molar refractivity (Wildman–Crippen MR) is 57.3 cm³/mol. The molecule has 0 amide bonds. The van der Waals surface area contributed by atoms with Crippen LogP contribution in [-0.4, -0.2) is 11.1 Å². The summed E-state index contributed by atoms with van der Waals surface area (Å²) in [6.45, 7) is 1.57. The standard InChI is InChI=1S/C9H8Br2O3/c1-4(9(13)14)5-2-6(10)8(12)7(11)3-5/h2-4,12H,1H3,(H,13,14)/p-1. The molecular weight excluding hydrogens is 316 g/mol. The number of carboxylic acid groups (broad SMARTS) is 1. The molecule has 76 valence electrons. The summed E-state index contributed by atoms with van der Waals surface area (Å²) in [7, 11) is 0. The smallest absolute Gasteiger partial charge is 0.310 e. The molecular formula is C9H7Br2O3-. The van der Waals surface area contributed by atoms with Crippen LogP contribution in [0.5, 0.6) is 5.75 Å². The fraction of sp³-hybridized carbons (Fsp3) is 0.222. The van der Waals surface area contributed by atoms with Crippen LogP contribution in [0.25, 0.3) is 0 Å². The highest BCUT2D eigenvalue weighted by Crippen LogP contribution is 2.33. The first-order valence-electron chi connectivity index (χ1n) is 3.82. The van der Waals surface area contributed by atoms with E-state index in [1.165, 1.54) is 12.1 Å². The van der Waals surface area contributed by atoms with Gasteiger partial charge in [0, 0.05) is 8.95 Å². The van der Waals surface area contributed by atoms with Gasteiger partial charge in [-0.25, -0.2) is 0 Å². The highest BCUT2D eigenvalue weighted by molar-refractivity contribution is 9.11. The van der Waals surface area contributed by atoms with Gasteiger partial charge in [-0.2, -0.15) is 0 Å². The first-order valence-corrected chi connectivity index (χ1v) is 5.41. The SMILES string of the molecule is CC(C(=O)O)c1cc(Br)c([O-])c(Br)c1. The van der Waals surface area contributed by atoms with Gasteiger partial charge in [0.05, 0.1) is 5.92 Å². The van der Waals surface area contributed by atoms with Crippen LogP contribution in [0.3, 0.4) is 0 Å². The Bertz CT molecular complexity index is 353. The van der Waals surface area contributed by atoms with E-state index in [9.17, 15) is 9.90 Å². The van der Waals surface area contributed by atoms with Gasteiger partial charge in [0.25, 0.3) is 0 Å². The minimum absolute atomic E-state index is 0.175. The van der Waals surface area contributed by atoms with Crippen molar-refractivity contribution in [3.8, 4) is 5.75 Å². The summed E-state index contributed by atoms with van der Waals surface area (Å²) in [6.07, 6.45) is 0. The van der Waals surface area contributed by atoms with Crippen molar-refractivity contribution in [1.82, 2.24) is 0 Å². The average molecular weight is 323 g/mol. The molecule has 1 aromatic rings. The number of aliphatic carboxylic acids is 1. The molecule has 0 saturated heterocycles. The van der Waals surface area contributed by atoms with E-state index in [4.69, 9.17) is 5.11 Å². The number of benzene rings is 1. The van der Waals surface area contributed by atoms with Gasteiger partial charge in [-0.3, -0.25) is 4.79 Å². The molecule has 0 heterocycles. The molecule has 3 nitrogen and oxygen atoms in total. The Morgan fingerprint density at radius 3 is 2.21 bits per heavy atom. The van der Waals surface area contributed by atoms with E-state index in [2.05, 4.69) is 31.9 Å². The average Bonchev–Trinajstić information content (AvgIpc) is 2.12. The van der Waals surface area contributed by atoms with Gasteiger partial charge in [0.2, 0.25) is 0 Å². The predicted octanol–water partition coefficient (Wildman–Crippen LogP) is 2.47. The highest BCUT2D eigenvalue weighted by Gasteiger charge is 2.14. The number of carboxylic acids is 1. The second-order valence-electron chi connectivity index (χ2n) is 2.87. The number of carbonyl (C=O) groups is 1. The third kappa shape index (κ3) is 2.27. The third-order valence-corrected chi connectivity index (χ3v) is 3.07. The molecule has 0 aromatic heterocycles. The van der Waals surface area contributed by atoms with Gasteiger partial charge in [0.15, 0.2) is 0 Å². The maximum absolute atomic E-state index is 11.3. The minimum Gasteiger partial charge on any atom is -0.871 e. The third-order valence-electron chi connectivity index (χ3n) is 1.89. The van der Waals surface area contributed by atoms with E-state index >= 15 is 0 Å². The van der Waals surface area contributed by atoms with Crippen LogP contribution in [-0.2, 0) is 4.79 Å². The largest absolute Gasteiger partial charge is 0.871 e. The summed E-state index contributed by atoms with van der Waals surface area (Å²) in [5, 5.41) is 20.0. The fourth-order valence-electron chi connectivity index (χ4n) is 0.972. The second kappa shape index (κ2) is 4.31. The quantitative estimate of drug-likeness (QED) is 0.910. The molecule has 0 aliphatic rings. The van der Waals surface area contributed by atoms with Crippen molar-refractivity contribution in [1.29, 1.82) is 0 Å². The first kappa shape index (κ1) is 11.5. The first-order chi connectivity index (χ1) is 6.43. The van der Waals surface area contributed by atoms with Gasteiger partial charge in [-0.05, 0) is 24.6 Å². The number of hydrogen-bond donors (Lipinski definition) is 1. The monoisotopic (exact) mass is 321 g/mol. The van der Waals surface area contributed by atoms with E-state index in [0.29, 0.717) is 14.5 Å². The zero-order valence-electron chi connectivity index (χ0n) is 7.25. The fourth-order valence-corrected chi connectivity index (χ4v) is 2.19. The van der Waals surface area contributed by atoms with E-state index in [-0.39, 0.29) is 5.75 Å². The van der Waals surface area contributed by atoms with Gasteiger partial charge in [0.1, 0.15) is 0 Å². The lowest BCUT2D eigenvalue weighted by atomic mass is 10.0. The summed E-state index contributed by atoms with van der Waals surface area (Å²) in [4.78, 5) is 10.7. The molecule has 5 heteroatoms. The summed E-state index contributed by atoms with van der Waals surface area (Å²) < 4.78 is 0.741. The Morgan fingerprint density at radius 1 is 1.43 bits per heavy atom. The Balaban J connectivity index is 3.19. The van der Waals surface area contributed by atoms with Gasteiger partial charge < -0.3 is 10.2 Å². The zero-order chi connectivity index (χ0) is 10.9. The molecule has 1 unspecified atom stereocenters. The summed E-state index contributed by atoms with van der Waals surface area (Å²) in [6, 6.07) is 3.07. The van der Waals surface area contributed by atoms with Crippen molar-refractivity contribution in [3.63, 3.8) is 0 Å². The van der Waals surface area contributed by atoms with E-state index in [1.54, 1.807) is 6.92 Å². The Hall–Kier alpha value is -0.550. The molecule has 0 fully saturated rings. The van der Waals surface area contributed by atoms with E-state index in [0.717, 1.165) is 0 Å². The van der Waals surface area contributed by atoms with Crippen LogP contribution in [0.15, 0.2) is 21.1 Å². The summed E-state index contributed by atoms with van der Waals surface area (Å²) in [5.74, 6) is -1.71. The lowest BCUT2D eigenvalue weighted by Gasteiger charge is -2.15. The molecule has 0 bridgehead atoms. The molecule has 14 heavy (non-hydrogen) atoms. The van der Waals surface area contributed by atoms with Crippen molar-refractivity contribution in [2.75, 3.05) is 0 Å². The number of hydrogen-bond acceptors (Lipinski definition) is 2. The maximum Gasteiger partial charge on any atom is 0.310 e. The Labute approximate surface area is 98.0 Å². The maximum atomic E-state index is 11.3. The van der Waals surface area contributed by atoms with Crippen LogP contribution >= 0.6 is 31.9 Å². The minimum atomic E-state index is -0.914. The lowest BCUT2D eigenvalue weighted by molar-refractivity contribution is -0.270. The van der Waals surface area contributed by atoms with Gasteiger partial charge in [-0.15, -0.1) is 0 Å². The molecule has 0 aliphatic carbocycles. The molecule has 1 aromatic carbocycles. The van der Waals surface area contributed by atoms with Crippen molar-refractivity contribution < 1.29 is 15.0 Å². The zero-order valence-corrected chi connectivity index (χ0v) is 10.4. The Kier molecular flexibility index (Phi) is 3.55. The van der Waals surface area contributed by atoms with Gasteiger partial charge >= 0.3 is 5.97 Å².